The highest BCUT2D eigenvalue weighted by Gasteiger charge is 2.34. The molecule has 1 unspecified atom stereocenters. The first-order chi connectivity index (χ1) is 18.0. The Morgan fingerprint density at radius 2 is 1.50 bits per heavy atom. The van der Waals surface area contributed by atoms with E-state index < -0.39 is 28.5 Å². The van der Waals surface area contributed by atoms with Crippen molar-refractivity contribution in [3.8, 4) is 0 Å². The molecule has 2 amide bonds. The Kier molecular flexibility index (Phi) is 10.2. The van der Waals surface area contributed by atoms with Crippen LogP contribution in [-0.4, -0.2) is 43.8 Å². The van der Waals surface area contributed by atoms with E-state index in [1.165, 1.54) is 17.0 Å². The molecular formula is C28H31Cl2N3O4S. The second-order valence-corrected chi connectivity index (χ2v) is 11.7. The van der Waals surface area contributed by atoms with Gasteiger partial charge in [0.05, 0.1) is 15.6 Å². The number of hydrogen-bond acceptors (Lipinski definition) is 4. The van der Waals surface area contributed by atoms with Crippen LogP contribution < -0.4 is 9.62 Å². The highest BCUT2D eigenvalue weighted by Crippen LogP contribution is 2.30. The molecule has 0 spiro atoms. The van der Waals surface area contributed by atoms with Crippen molar-refractivity contribution < 1.29 is 18.0 Å². The van der Waals surface area contributed by atoms with Gasteiger partial charge >= 0.3 is 0 Å². The maximum absolute atomic E-state index is 13.9. The van der Waals surface area contributed by atoms with Gasteiger partial charge in [0.25, 0.3) is 10.0 Å². The zero-order chi connectivity index (χ0) is 27.9. The number of anilines is 1. The smallest absolute Gasteiger partial charge is 0.264 e. The van der Waals surface area contributed by atoms with Crippen LogP contribution in [0.25, 0.3) is 0 Å². The number of benzene rings is 3. The standard InChI is InChI=1S/C28H31Cl2N3O4S/c1-4-25(28(35)31-20(2)3)32(18-21-14-16-22(29)17-15-21)27(34)19-33(26-13-9-8-12-24(26)30)38(36,37)23-10-6-5-7-11-23/h5-17,20,25H,4,18-19H2,1-3H3,(H,31,35). The van der Waals surface area contributed by atoms with Crippen LogP contribution in [0.1, 0.15) is 32.8 Å². The number of nitrogens with zero attached hydrogens (tertiary/aromatic N) is 2. The van der Waals surface area contributed by atoms with Crippen LogP contribution in [0.4, 0.5) is 5.69 Å². The van der Waals surface area contributed by atoms with Gasteiger partial charge in [-0.15, -0.1) is 0 Å². The Labute approximate surface area is 234 Å². The molecule has 0 bridgehead atoms. The lowest BCUT2D eigenvalue weighted by Gasteiger charge is -2.33. The molecule has 38 heavy (non-hydrogen) atoms. The fourth-order valence-corrected chi connectivity index (χ4v) is 5.84. The van der Waals surface area contributed by atoms with Crippen molar-refractivity contribution in [3.63, 3.8) is 0 Å². The molecule has 0 saturated heterocycles. The summed E-state index contributed by atoms with van der Waals surface area (Å²) in [7, 11) is -4.17. The van der Waals surface area contributed by atoms with Crippen molar-refractivity contribution >= 4 is 50.7 Å². The monoisotopic (exact) mass is 575 g/mol. The first-order valence-electron chi connectivity index (χ1n) is 12.2. The number of rotatable bonds is 11. The molecule has 3 aromatic carbocycles. The van der Waals surface area contributed by atoms with Crippen molar-refractivity contribution in [2.24, 2.45) is 0 Å². The van der Waals surface area contributed by atoms with Crippen LogP contribution in [-0.2, 0) is 26.2 Å². The highest BCUT2D eigenvalue weighted by atomic mass is 35.5. The number of para-hydroxylation sites is 1. The fourth-order valence-electron chi connectivity index (χ4n) is 3.97. The fraction of sp³-hybridized carbons (Fsp3) is 0.286. The summed E-state index contributed by atoms with van der Waals surface area (Å²) in [5.74, 6) is -0.870. The van der Waals surface area contributed by atoms with Gasteiger partial charge in [-0.2, -0.15) is 0 Å². The summed E-state index contributed by atoms with van der Waals surface area (Å²) in [5.41, 5.74) is 0.909. The predicted octanol–water partition coefficient (Wildman–Crippen LogP) is 5.52. The van der Waals surface area contributed by atoms with Crippen molar-refractivity contribution in [1.82, 2.24) is 10.2 Å². The number of carbonyl (C=O) groups excluding carboxylic acids is 2. The van der Waals surface area contributed by atoms with Crippen molar-refractivity contribution in [1.29, 1.82) is 0 Å². The lowest BCUT2D eigenvalue weighted by molar-refractivity contribution is -0.140. The van der Waals surface area contributed by atoms with E-state index in [4.69, 9.17) is 23.2 Å². The second-order valence-electron chi connectivity index (χ2n) is 9.01. The number of nitrogens with one attached hydrogen (secondary N) is 1. The molecule has 0 fully saturated rings. The lowest BCUT2D eigenvalue weighted by Crippen LogP contribution is -2.53. The Bertz CT molecular complexity index is 1350. The average Bonchev–Trinajstić information content (AvgIpc) is 2.88. The summed E-state index contributed by atoms with van der Waals surface area (Å²) in [6, 6.07) is 20.2. The third-order valence-corrected chi connectivity index (χ3v) is 8.16. The normalized spacial score (nSPS) is 12.2. The molecule has 0 aliphatic heterocycles. The molecule has 0 saturated carbocycles. The van der Waals surface area contributed by atoms with Gasteiger partial charge in [0.15, 0.2) is 0 Å². The zero-order valence-corrected chi connectivity index (χ0v) is 23.8. The molecule has 3 aromatic rings. The summed E-state index contributed by atoms with van der Waals surface area (Å²) in [5, 5.41) is 3.58. The number of halogens is 2. The van der Waals surface area contributed by atoms with Crippen molar-refractivity contribution in [2.75, 3.05) is 10.8 Å². The van der Waals surface area contributed by atoms with Gasteiger partial charge in [0.1, 0.15) is 12.6 Å². The van der Waals surface area contributed by atoms with Gasteiger partial charge in [-0.05, 0) is 62.2 Å². The Morgan fingerprint density at radius 1 is 0.895 bits per heavy atom. The largest absolute Gasteiger partial charge is 0.352 e. The van der Waals surface area contributed by atoms with Crippen LogP contribution in [0.3, 0.4) is 0 Å². The molecule has 0 aliphatic carbocycles. The van der Waals surface area contributed by atoms with Crippen LogP contribution in [0.15, 0.2) is 83.8 Å². The average molecular weight is 577 g/mol. The van der Waals surface area contributed by atoms with Crippen molar-refractivity contribution in [3.05, 3.63) is 94.5 Å². The molecule has 3 rings (SSSR count). The van der Waals surface area contributed by atoms with Gasteiger partial charge < -0.3 is 10.2 Å². The zero-order valence-electron chi connectivity index (χ0n) is 21.5. The summed E-state index contributed by atoms with van der Waals surface area (Å²) in [6.45, 7) is 5.00. The van der Waals surface area contributed by atoms with Crippen LogP contribution >= 0.6 is 23.2 Å². The van der Waals surface area contributed by atoms with E-state index in [0.29, 0.717) is 11.4 Å². The summed E-state index contributed by atoms with van der Waals surface area (Å²) < 4.78 is 28.5. The molecular weight excluding hydrogens is 545 g/mol. The van der Waals surface area contributed by atoms with Crippen LogP contribution in [0.5, 0.6) is 0 Å². The summed E-state index contributed by atoms with van der Waals surface area (Å²) in [4.78, 5) is 28.5. The van der Waals surface area contributed by atoms with Gasteiger partial charge in [0, 0.05) is 17.6 Å². The molecule has 0 radical (unpaired) electrons. The highest BCUT2D eigenvalue weighted by molar-refractivity contribution is 7.92. The number of sulfonamides is 1. The molecule has 10 heteroatoms. The van der Waals surface area contributed by atoms with Gasteiger partial charge in [-0.25, -0.2) is 8.42 Å². The van der Waals surface area contributed by atoms with E-state index in [2.05, 4.69) is 5.32 Å². The minimum absolute atomic E-state index is 0.0153. The number of hydrogen-bond donors (Lipinski definition) is 1. The predicted molar refractivity (Wildman–Crippen MR) is 152 cm³/mol. The first kappa shape index (κ1) is 29.5. The van der Waals surface area contributed by atoms with Gasteiger partial charge in [0.2, 0.25) is 11.8 Å². The molecule has 0 heterocycles. The minimum Gasteiger partial charge on any atom is -0.352 e. The third kappa shape index (κ3) is 7.28. The quantitative estimate of drug-likeness (QED) is 0.326. The van der Waals surface area contributed by atoms with E-state index in [9.17, 15) is 18.0 Å². The minimum atomic E-state index is -4.17. The Morgan fingerprint density at radius 3 is 2.08 bits per heavy atom. The number of amides is 2. The first-order valence-corrected chi connectivity index (χ1v) is 14.4. The van der Waals surface area contributed by atoms with E-state index >= 15 is 0 Å². The molecule has 7 nitrogen and oxygen atoms in total. The maximum Gasteiger partial charge on any atom is 0.264 e. The molecule has 1 N–H and O–H groups in total. The molecule has 0 aromatic heterocycles. The third-order valence-electron chi connectivity index (χ3n) is 5.81. The SMILES string of the molecule is CCC(C(=O)NC(C)C)N(Cc1ccc(Cl)cc1)C(=O)CN(c1ccccc1Cl)S(=O)(=O)c1ccccc1. The molecule has 0 aliphatic rings. The molecule has 202 valence electrons. The van der Waals surface area contributed by atoms with Gasteiger partial charge in [-0.3, -0.25) is 13.9 Å². The maximum atomic E-state index is 13.9. The Hall–Kier alpha value is -3.07. The topological polar surface area (TPSA) is 86.8 Å². The summed E-state index contributed by atoms with van der Waals surface area (Å²) >= 11 is 12.4. The second kappa shape index (κ2) is 13.1. The summed E-state index contributed by atoms with van der Waals surface area (Å²) in [6.07, 6.45) is 0.329. The van der Waals surface area contributed by atoms with E-state index in [1.807, 2.05) is 13.8 Å². The van der Waals surface area contributed by atoms with Crippen LogP contribution in [0, 0.1) is 0 Å². The lowest BCUT2D eigenvalue weighted by atomic mass is 10.1. The van der Waals surface area contributed by atoms with E-state index in [-0.39, 0.29) is 34.1 Å². The van der Waals surface area contributed by atoms with Gasteiger partial charge in [-0.1, -0.05) is 72.6 Å². The van der Waals surface area contributed by atoms with E-state index in [1.54, 1.807) is 73.7 Å². The molecule has 1 atom stereocenters. The van der Waals surface area contributed by atoms with E-state index in [0.717, 1.165) is 9.87 Å². The number of carbonyl (C=O) groups is 2. The van der Waals surface area contributed by atoms with Crippen molar-refractivity contribution in [2.45, 2.75) is 50.7 Å². The van der Waals surface area contributed by atoms with Crippen LogP contribution in [0.2, 0.25) is 10.0 Å². The Balaban J connectivity index is 2.06.